The Labute approximate surface area is 73.3 Å². The number of allylic oxidation sites excluding steroid dienone is 2. The second-order valence-electron chi connectivity index (χ2n) is 3.19. The maximum Gasteiger partial charge on any atom is 0.111 e. The number of aliphatic imine (C=N–C) groups is 1. The molecule has 64 valence electrons. The molecule has 0 aliphatic carbocycles. The van der Waals surface area contributed by atoms with Crippen LogP contribution in [0, 0.1) is 5.92 Å². The molecule has 2 rings (SSSR count). The molecule has 1 unspecified atom stereocenters. The van der Waals surface area contributed by atoms with Crippen molar-refractivity contribution in [3.05, 3.63) is 24.4 Å². The van der Waals surface area contributed by atoms with Crippen LogP contribution in [0.3, 0.4) is 0 Å². The van der Waals surface area contributed by atoms with Gasteiger partial charge in [-0.1, -0.05) is 12.2 Å². The van der Waals surface area contributed by atoms with Crippen molar-refractivity contribution in [1.29, 1.82) is 0 Å². The summed E-state index contributed by atoms with van der Waals surface area (Å²) in [7, 11) is 0. The SMILES string of the molecule is CCN1CCC2C=CC=CN=C21. The van der Waals surface area contributed by atoms with Gasteiger partial charge in [-0.2, -0.15) is 0 Å². The first-order valence-electron chi connectivity index (χ1n) is 4.58. The molecule has 0 amide bonds. The Balaban J connectivity index is 2.25. The van der Waals surface area contributed by atoms with Crippen LogP contribution >= 0.6 is 0 Å². The molecule has 0 N–H and O–H groups in total. The van der Waals surface area contributed by atoms with Gasteiger partial charge in [-0.3, -0.25) is 0 Å². The lowest BCUT2D eigenvalue weighted by molar-refractivity contribution is 0.478. The van der Waals surface area contributed by atoms with E-state index < -0.39 is 0 Å². The average molecular weight is 162 g/mol. The third-order valence-electron chi connectivity index (χ3n) is 2.49. The molecule has 2 heteroatoms. The van der Waals surface area contributed by atoms with Gasteiger partial charge >= 0.3 is 0 Å². The molecule has 2 heterocycles. The largest absolute Gasteiger partial charge is 0.360 e. The van der Waals surface area contributed by atoms with Gasteiger partial charge in [0.05, 0.1) is 0 Å². The Morgan fingerprint density at radius 1 is 1.58 bits per heavy atom. The van der Waals surface area contributed by atoms with Gasteiger partial charge in [0, 0.05) is 25.2 Å². The molecule has 12 heavy (non-hydrogen) atoms. The van der Waals surface area contributed by atoms with E-state index in [0.29, 0.717) is 5.92 Å². The van der Waals surface area contributed by atoms with Gasteiger partial charge in [-0.15, -0.1) is 0 Å². The van der Waals surface area contributed by atoms with Crippen LogP contribution in [0.25, 0.3) is 0 Å². The van der Waals surface area contributed by atoms with Crippen molar-refractivity contribution in [2.24, 2.45) is 10.9 Å². The zero-order chi connectivity index (χ0) is 8.39. The third kappa shape index (κ3) is 1.17. The predicted molar refractivity (Wildman–Crippen MR) is 51.1 cm³/mol. The molecule has 2 aliphatic heterocycles. The second-order valence-corrected chi connectivity index (χ2v) is 3.19. The number of likely N-dealkylation sites (tertiary alicyclic amines) is 1. The fourth-order valence-corrected chi connectivity index (χ4v) is 1.82. The normalized spacial score (nSPS) is 26.9. The van der Waals surface area contributed by atoms with Gasteiger partial charge in [0.25, 0.3) is 0 Å². The third-order valence-corrected chi connectivity index (χ3v) is 2.49. The summed E-state index contributed by atoms with van der Waals surface area (Å²) >= 11 is 0. The molecule has 0 aromatic carbocycles. The second kappa shape index (κ2) is 3.13. The summed E-state index contributed by atoms with van der Waals surface area (Å²) in [5.41, 5.74) is 0. The minimum atomic E-state index is 0.569. The van der Waals surface area contributed by atoms with Gasteiger partial charge in [-0.25, -0.2) is 4.99 Å². The van der Waals surface area contributed by atoms with Crippen LogP contribution < -0.4 is 0 Å². The monoisotopic (exact) mass is 162 g/mol. The van der Waals surface area contributed by atoms with E-state index in [9.17, 15) is 0 Å². The molecule has 1 fully saturated rings. The molecular formula is C10H14N2. The fourth-order valence-electron chi connectivity index (χ4n) is 1.82. The Morgan fingerprint density at radius 3 is 3.33 bits per heavy atom. The quantitative estimate of drug-likeness (QED) is 0.574. The van der Waals surface area contributed by atoms with Crippen LogP contribution in [-0.2, 0) is 0 Å². The summed E-state index contributed by atoms with van der Waals surface area (Å²) in [4.78, 5) is 6.79. The fraction of sp³-hybridized carbons (Fsp3) is 0.500. The van der Waals surface area contributed by atoms with Crippen LogP contribution in [0.15, 0.2) is 29.4 Å². The topological polar surface area (TPSA) is 15.6 Å². The maximum atomic E-state index is 4.44. The molecule has 1 atom stereocenters. The summed E-state index contributed by atoms with van der Waals surface area (Å²) in [6, 6.07) is 0. The Morgan fingerprint density at radius 2 is 2.50 bits per heavy atom. The number of hydrogen-bond acceptors (Lipinski definition) is 2. The van der Waals surface area contributed by atoms with Crippen LogP contribution in [0.4, 0.5) is 0 Å². The molecule has 1 saturated heterocycles. The van der Waals surface area contributed by atoms with Crippen LogP contribution in [-0.4, -0.2) is 23.8 Å². The molecule has 2 aliphatic rings. The van der Waals surface area contributed by atoms with Crippen LogP contribution in [0.2, 0.25) is 0 Å². The van der Waals surface area contributed by atoms with Crippen molar-refractivity contribution in [2.75, 3.05) is 13.1 Å². The van der Waals surface area contributed by atoms with E-state index >= 15 is 0 Å². The Hall–Kier alpha value is -1.05. The van der Waals surface area contributed by atoms with Crippen molar-refractivity contribution < 1.29 is 0 Å². The van der Waals surface area contributed by atoms with Crippen molar-refractivity contribution in [3.8, 4) is 0 Å². The Bertz CT molecular complexity index is 251. The van der Waals surface area contributed by atoms with Crippen LogP contribution in [0.1, 0.15) is 13.3 Å². The highest BCUT2D eigenvalue weighted by atomic mass is 15.2. The number of nitrogens with zero attached hydrogens (tertiary/aromatic N) is 2. The maximum absolute atomic E-state index is 4.44. The summed E-state index contributed by atoms with van der Waals surface area (Å²) in [5.74, 6) is 1.82. The molecule has 0 spiro atoms. The van der Waals surface area contributed by atoms with E-state index in [2.05, 4.69) is 29.0 Å². The number of hydrogen-bond donors (Lipinski definition) is 0. The molecule has 0 saturated carbocycles. The lowest BCUT2D eigenvalue weighted by Gasteiger charge is -2.16. The van der Waals surface area contributed by atoms with E-state index in [1.54, 1.807) is 0 Å². The minimum absolute atomic E-state index is 0.569. The minimum Gasteiger partial charge on any atom is -0.360 e. The van der Waals surface area contributed by atoms with Gasteiger partial charge in [0.15, 0.2) is 0 Å². The molecular weight excluding hydrogens is 148 g/mol. The first kappa shape index (κ1) is 7.59. The number of fused-ring (bicyclic) bond motifs is 1. The lowest BCUT2D eigenvalue weighted by atomic mass is 10.1. The summed E-state index contributed by atoms with van der Waals surface area (Å²) < 4.78 is 0. The number of amidine groups is 1. The van der Waals surface area contributed by atoms with Gasteiger partial charge in [0.2, 0.25) is 0 Å². The van der Waals surface area contributed by atoms with E-state index in [4.69, 9.17) is 0 Å². The van der Waals surface area contributed by atoms with Gasteiger partial charge < -0.3 is 4.90 Å². The van der Waals surface area contributed by atoms with Crippen LogP contribution in [0.5, 0.6) is 0 Å². The highest BCUT2D eigenvalue weighted by Gasteiger charge is 2.26. The Kier molecular flexibility index (Phi) is 1.98. The summed E-state index contributed by atoms with van der Waals surface area (Å²) in [6.45, 7) is 4.43. The van der Waals surface area contributed by atoms with Crippen molar-refractivity contribution in [2.45, 2.75) is 13.3 Å². The zero-order valence-electron chi connectivity index (χ0n) is 7.40. The summed E-state index contributed by atoms with van der Waals surface area (Å²) in [5, 5.41) is 0. The molecule has 0 radical (unpaired) electrons. The van der Waals surface area contributed by atoms with E-state index in [1.165, 1.54) is 12.3 Å². The van der Waals surface area contributed by atoms with E-state index in [1.807, 2.05) is 12.3 Å². The molecule has 0 aromatic rings. The molecule has 0 bridgehead atoms. The molecule has 0 aromatic heterocycles. The highest BCUT2D eigenvalue weighted by molar-refractivity contribution is 5.88. The average Bonchev–Trinajstić information content (AvgIpc) is 2.33. The van der Waals surface area contributed by atoms with Crippen molar-refractivity contribution in [1.82, 2.24) is 4.90 Å². The summed E-state index contributed by atoms with van der Waals surface area (Å²) in [6.07, 6.45) is 9.46. The predicted octanol–water partition coefficient (Wildman–Crippen LogP) is 1.81. The zero-order valence-corrected chi connectivity index (χ0v) is 7.40. The molecule has 2 nitrogen and oxygen atoms in total. The first-order valence-corrected chi connectivity index (χ1v) is 4.58. The first-order chi connectivity index (χ1) is 5.92. The van der Waals surface area contributed by atoms with Crippen molar-refractivity contribution >= 4 is 5.84 Å². The van der Waals surface area contributed by atoms with E-state index in [-0.39, 0.29) is 0 Å². The smallest absolute Gasteiger partial charge is 0.111 e. The lowest BCUT2D eigenvalue weighted by Crippen LogP contribution is -2.26. The van der Waals surface area contributed by atoms with Gasteiger partial charge in [-0.05, 0) is 19.4 Å². The van der Waals surface area contributed by atoms with Crippen molar-refractivity contribution in [3.63, 3.8) is 0 Å². The van der Waals surface area contributed by atoms with E-state index in [0.717, 1.165) is 13.1 Å². The number of rotatable bonds is 1. The highest BCUT2D eigenvalue weighted by Crippen LogP contribution is 2.21. The van der Waals surface area contributed by atoms with Gasteiger partial charge in [0.1, 0.15) is 5.84 Å². The standard InChI is InChI=1S/C10H14N2/c1-2-12-8-6-9-5-3-4-7-11-10(9)12/h3-5,7,9H,2,6,8H2,1H3.